The van der Waals surface area contributed by atoms with Crippen molar-refractivity contribution in [2.45, 2.75) is 12.3 Å². The van der Waals surface area contributed by atoms with E-state index in [-0.39, 0.29) is 5.91 Å². The Bertz CT molecular complexity index is 717. The molecule has 0 radical (unpaired) electrons. The molecule has 3 nitrogen and oxygen atoms in total. The molecule has 1 unspecified atom stereocenters. The normalized spacial score (nSPS) is 17.3. The van der Waals surface area contributed by atoms with Crippen LogP contribution < -0.4 is 4.74 Å². The number of methoxy groups -OCH3 is 1. The first-order valence-electron chi connectivity index (χ1n) is 7.47. The maximum Gasteiger partial charge on any atom is 0.253 e. The van der Waals surface area contributed by atoms with Crippen LogP contribution in [0.15, 0.2) is 42.5 Å². The molecule has 0 aromatic heterocycles. The van der Waals surface area contributed by atoms with Crippen LogP contribution in [0.25, 0.3) is 0 Å². The van der Waals surface area contributed by atoms with Gasteiger partial charge >= 0.3 is 0 Å². The zero-order valence-corrected chi connectivity index (χ0v) is 15.7. The molecule has 1 saturated heterocycles. The number of benzene rings is 2. The van der Waals surface area contributed by atoms with Crippen molar-refractivity contribution in [3.63, 3.8) is 0 Å². The summed E-state index contributed by atoms with van der Waals surface area (Å²) >= 11 is 8.18. The van der Waals surface area contributed by atoms with Crippen molar-refractivity contribution in [3.8, 4) is 5.75 Å². The van der Waals surface area contributed by atoms with Gasteiger partial charge in [0.25, 0.3) is 5.91 Å². The molecular weight excluding hydrogens is 425 g/mol. The van der Waals surface area contributed by atoms with Crippen LogP contribution in [-0.2, 0) is 0 Å². The van der Waals surface area contributed by atoms with E-state index in [4.69, 9.17) is 16.3 Å². The van der Waals surface area contributed by atoms with Gasteiger partial charge in [-0.25, -0.2) is 0 Å². The predicted octanol–water partition coefficient (Wildman–Crippen LogP) is 4.58. The molecule has 1 atom stereocenters. The number of carbonyl (C=O) groups excluding carboxylic acids is 1. The first-order chi connectivity index (χ1) is 11.1. The van der Waals surface area contributed by atoms with Crippen molar-refractivity contribution in [2.24, 2.45) is 0 Å². The molecule has 0 saturated carbocycles. The molecule has 0 aliphatic carbocycles. The van der Waals surface area contributed by atoms with Gasteiger partial charge in [0, 0.05) is 28.1 Å². The Labute approximate surface area is 154 Å². The lowest BCUT2D eigenvalue weighted by Gasteiger charge is -2.17. The Hall–Kier alpha value is -1.27. The average molecular weight is 442 g/mol. The van der Waals surface area contributed by atoms with E-state index in [0.29, 0.717) is 16.5 Å². The van der Waals surface area contributed by atoms with E-state index in [1.807, 2.05) is 23.1 Å². The van der Waals surface area contributed by atoms with Crippen molar-refractivity contribution in [3.05, 3.63) is 62.2 Å². The predicted molar refractivity (Wildman–Crippen MR) is 100 cm³/mol. The quantitative estimate of drug-likeness (QED) is 0.653. The first kappa shape index (κ1) is 16.6. The molecule has 0 N–H and O–H groups in total. The molecule has 2 aromatic carbocycles. The van der Waals surface area contributed by atoms with Crippen LogP contribution in [0.2, 0.25) is 5.02 Å². The fourth-order valence-corrected chi connectivity index (χ4v) is 3.54. The SMILES string of the molecule is COc1ccc(C2CCN(C(=O)c3ccc(Cl)c(I)c3)C2)cc1. The minimum atomic E-state index is 0.0793. The molecule has 23 heavy (non-hydrogen) atoms. The molecule has 0 bridgehead atoms. The van der Waals surface area contributed by atoms with Gasteiger partial charge in [-0.2, -0.15) is 0 Å². The van der Waals surface area contributed by atoms with E-state index in [9.17, 15) is 4.79 Å². The fraction of sp³-hybridized carbons (Fsp3) is 0.278. The van der Waals surface area contributed by atoms with Crippen molar-refractivity contribution in [1.29, 1.82) is 0 Å². The van der Waals surface area contributed by atoms with E-state index in [0.717, 1.165) is 28.8 Å². The lowest BCUT2D eigenvalue weighted by Crippen LogP contribution is -2.28. The topological polar surface area (TPSA) is 29.5 Å². The van der Waals surface area contributed by atoms with Crippen LogP contribution in [0.5, 0.6) is 5.75 Å². The summed E-state index contributed by atoms with van der Waals surface area (Å²) in [5.41, 5.74) is 1.96. The average Bonchev–Trinajstić information content (AvgIpc) is 3.07. The standard InChI is InChI=1S/C18H17ClINO2/c1-23-15-5-2-12(3-6-15)14-8-9-21(11-14)18(22)13-4-7-16(19)17(20)10-13/h2-7,10,14H,8-9,11H2,1H3. The Balaban J connectivity index is 1.70. The Morgan fingerprint density at radius 2 is 2.00 bits per heavy atom. The summed E-state index contributed by atoms with van der Waals surface area (Å²) in [4.78, 5) is 14.6. The number of likely N-dealkylation sites (tertiary alicyclic amines) is 1. The molecule has 0 spiro atoms. The minimum Gasteiger partial charge on any atom is -0.497 e. The number of hydrogen-bond acceptors (Lipinski definition) is 2. The monoisotopic (exact) mass is 441 g/mol. The number of hydrogen-bond donors (Lipinski definition) is 0. The fourth-order valence-electron chi connectivity index (χ4n) is 2.90. The summed E-state index contributed by atoms with van der Waals surface area (Å²) in [6, 6.07) is 13.6. The summed E-state index contributed by atoms with van der Waals surface area (Å²) < 4.78 is 6.10. The van der Waals surface area contributed by atoms with Gasteiger partial charge < -0.3 is 9.64 Å². The zero-order valence-electron chi connectivity index (χ0n) is 12.8. The number of nitrogens with zero attached hydrogens (tertiary/aromatic N) is 1. The molecule has 1 aliphatic rings. The van der Waals surface area contributed by atoms with Crippen LogP contribution in [0.3, 0.4) is 0 Å². The summed E-state index contributed by atoms with van der Waals surface area (Å²) in [6.45, 7) is 1.54. The molecular formula is C18H17ClINO2. The molecule has 5 heteroatoms. The van der Waals surface area contributed by atoms with Gasteiger partial charge in [-0.15, -0.1) is 0 Å². The van der Waals surface area contributed by atoms with Crippen LogP contribution in [0, 0.1) is 3.57 Å². The van der Waals surface area contributed by atoms with Gasteiger partial charge in [-0.3, -0.25) is 4.79 Å². The van der Waals surface area contributed by atoms with Crippen molar-refractivity contribution >= 4 is 40.1 Å². The number of carbonyl (C=O) groups is 1. The van der Waals surface area contributed by atoms with Gasteiger partial charge in [0.1, 0.15) is 5.75 Å². The lowest BCUT2D eigenvalue weighted by molar-refractivity contribution is 0.0790. The van der Waals surface area contributed by atoms with Crippen molar-refractivity contribution in [1.82, 2.24) is 4.90 Å². The summed E-state index contributed by atoms with van der Waals surface area (Å²) in [6.07, 6.45) is 0.989. The molecule has 1 aliphatic heterocycles. The number of ether oxygens (including phenoxy) is 1. The van der Waals surface area contributed by atoms with Gasteiger partial charge in [0.15, 0.2) is 0 Å². The second-order valence-electron chi connectivity index (χ2n) is 5.64. The second kappa shape index (κ2) is 7.09. The third kappa shape index (κ3) is 3.63. The molecule has 2 aromatic rings. The van der Waals surface area contributed by atoms with E-state index >= 15 is 0 Å². The van der Waals surface area contributed by atoms with Gasteiger partial charge in [-0.05, 0) is 64.9 Å². The highest BCUT2D eigenvalue weighted by atomic mass is 127. The molecule has 1 amide bonds. The van der Waals surface area contributed by atoms with Gasteiger partial charge in [0.2, 0.25) is 0 Å². The second-order valence-corrected chi connectivity index (χ2v) is 7.21. The Morgan fingerprint density at radius 3 is 2.65 bits per heavy atom. The molecule has 3 rings (SSSR count). The zero-order chi connectivity index (χ0) is 16.4. The van der Waals surface area contributed by atoms with Crippen LogP contribution in [0.1, 0.15) is 28.3 Å². The van der Waals surface area contributed by atoms with E-state index in [1.54, 1.807) is 19.2 Å². The summed E-state index contributed by atoms with van der Waals surface area (Å²) in [5, 5.41) is 0.680. The van der Waals surface area contributed by atoms with Crippen molar-refractivity contribution in [2.75, 3.05) is 20.2 Å². The smallest absolute Gasteiger partial charge is 0.253 e. The lowest BCUT2D eigenvalue weighted by atomic mass is 9.98. The van der Waals surface area contributed by atoms with E-state index in [2.05, 4.69) is 34.7 Å². The highest BCUT2D eigenvalue weighted by molar-refractivity contribution is 14.1. The molecule has 1 fully saturated rings. The van der Waals surface area contributed by atoms with Gasteiger partial charge in [-0.1, -0.05) is 23.7 Å². The molecule has 120 valence electrons. The Morgan fingerprint density at radius 1 is 1.26 bits per heavy atom. The first-order valence-corrected chi connectivity index (χ1v) is 8.92. The highest BCUT2D eigenvalue weighted by Crippen LogP contribution is 2.30. The number of halogens is 2. The van der Waals surface area contributed by atoms with Crippen LogP contribution in [-0.4, -0.2) is 31.0 Å². The molecule has 1 heterocycles. The number of rotatable bonds is 3. The number of amides is 1. The third-order valence-electron chi connectivity index (χ3n) is 4.23. The van der Waals surface area contributed by atoms with E-state index < -0.39 is 0 Å². The third-order valence-corrected chi connectivity index (χ3v) is 5.77. The van der Waals surface area contributed by atoms with Crippen molar-refractivity contribution < 1.29 is 9.53 Å². The van der Waals surface area contributed by atoms with E-state index in [1.165, 1.54) is 5.56 Å². The minimum absolute atomic E-state index is 0.0793. The highest BCUT2D eigenvalue weighted by Gasteiger charge is 2.28. The Kier molecular flexibility index (Phi) is 5.11. The largest absolute Gasteiger partial charge is 0.497 e. The summed E-state index contributed by atoms with van der Waals surface area (Å²) in [7, 11) is 1.67. The summed E-state index contributed by atoms with van der Waals surface area (Å²) in [5.74, 6) is 1.32. The van der Waals surface area contributed by atoms with Crippen LogP contribution in [0.4, 0.5) is 0 Å². The maximum atomic E-state index is 12.6. The van der Waals surface area contributed by atoms with Crippen LogP contribution >= 0.6 is 34.2 Å². The van der Waals surface area contributed by atoms with Gasteiger partial charge in [0.05, 0.1) is 12.1 Å². The maximum absolute atomic E-state index is 12.6.